The van der Waals surface area contributed by atoms with Crippen molar-refractivity contribution in [1.82, 2.24) is 0 Å². The van der Waals surface area contributed by atoms with Crippen LogP contribution in [-0.4, -0.2) is 12.6 Å². The molecule has 0 bridgehead atoms. The van der Waals surface area contributed by atoms with E-state index in [-0.39, 0.29) is 6.10 Å². The fourth-order valence-corrected chi connectivity index (χ4v) is 2.74. The van der Waals surface area contributed by atoms with Gasteiger partial charge in [-0.1, -0.05) is 35.9 Å². The van der Waals surface area contributed by atoms with Crippen molar-refractivity contribution < 1.29 is 4.74 Å². The van der Waals surface area contributed by atoms with E-state index in [1.165, 1.54) is 11.1 Å². The quantitative estimate of drug-likeness (QED) is 0.908. The Bertz CT molecular complexity index is 624. The summed E-state index contributed by atoms with van der Waals surface area (Å²) in [6, 6.07) is 12.2. The Kier molecular flexibility index (Phi) is 3.21. The van der Waals surface area contributed by atoms with Gasteiger partial charge in [-0.05, 0) is 35.7 Å². The van der Waals surface area contributed by atoms with Gasteiger partial charge in [0, 0.05) is 23.6 Å². The molecular formula is C16H16ClNO. The molecule has 0 saturated heterocycles. The molecular weight excluding hydrogens is 258 g/mol. The van der Waals surface area contributed by atoms with E-state index in [0.29, 0.717) is 6.54 Å². The van der Waals surface area contributed by atoms with Crippen LogP contribution in [0, 0.1) is 6.92 Å². The lowest BCUT2D eigenvalue weighted by molar-refractivity contribution is 0.242. The Hall–Kier alpha value is -1.51. The van der Waals surface area contributed by atoms with Crippen molar-refractivity contribution in [3.8, 4) is 16.9 Å². The molecule has 2 nitrogen and oxygen atoms in total. The summed E-state index contributed by atoms with van der Waals surface area (Å²) < 4.78 is 5.97. The average molecular weight is 274 g/mol. The van der Waals surface area contributed by atoms with Gasteiger partial charge < -0.3 is 10.5 Å². The predicted octanol–water partition coefficient (Wildman–Crippen LogP) is 3.58. The first-order chi connectivity index (χ1) is 9.19. The summed E-state index contributed by atoms with van der Waals surface area (Å²) in [5.74, 6) is 0.961. The second kappa shape index (κ2) is 4.87. The molecule has 0 aromatic heterocycles. The molecule has 3 rings (SSSR count). The zero-order valence-electron chi connectivity index (χ0n) is 10.8. The summed E-state index contributed by atoms with van der Waals surface area (Å²) >= 11 is 6.11. The molecule has 0 saturated carbocycles. The largest absolute Gasteiger partial charge is 0.488 e. The molecule has 1 heterocycles. The third-order valence-corrected chi connectivity index (χ3v) is 3.82. The van der Waals surface area contributed by atoms with Gasteiger partial charge in [-0.25, -0.2) is 0 Å². The highest BCUT2D eigenvalue weighted by atomic mass is 35.5. The minimum Gasteiger partial charge on any atom is -0.488 e. The Morgan fingerprint density at radius 3 is 2.89 bits per heavy atom. The van der Waals surface area contributed by atoms with Gasteiger partial charge in [0.15, 0.2) is 0 Å². The lowest BCUT2D eigenvalue weighted by Gasteiger charge is -2.13. The molecule has 0 fully saturated rings. The van der Waals surface area contributed by atoms with Crippen molar-refractivity contribution in [2.75, 3.05) is 6.54 Å². The van der Waals surface area contributed by atoms with Gasteiger partial charge in [-0.3, -0.25) is 0 Å². The highest BCUT2D eigenvalue weighted by Gasteiger charge is 2.24. The third kappa shape index (κ3) is 2.22. The minimum absolute atomic E-state index is 0.0932. The summed E-state index contributed by atoms with van der Waals surface area (Å²) in [5, 5.41) is 0.742. The molecule has 98 valence electrons. The topological polar surface area (TPSA) is 35.2 Å². The van der Waals surface area contributed by atoms with E-state index in [2.05, 4.69) is 25.1 Å². The molecule has 0 radical (unpaired) electrons. The number of aryl methyl sites for hydroxylation is 1. The smallest absolute Gasteiger partial charge is 0.130 e. The monoisotopic (exact) mass is 273 g/mol. The average Bonchev–Trinajstić information content (AvgIpc) is 2.84. The van der Waals surface area contributed by atoms with Gasteiger partial charge in [0.25, 0.3) is 0 Å². The number of halogens is 1. The first-order valence-electron chi connectivity index (χ1n) is 6.44. The summed E-state index contributed by atoms with van der Waals surface area (Å²) in [4.78, 5) is 0. The fraction of sp³-hybridized carbons (Fsp3) is 0.250. The predicted molar refractivity (Wildman–Crippen MR) is 78.8 cm³/mol. The van der Waals surface area contributed by atoms with Gasteiger partial charge in [0.05, 0.1) is 0 Å². The maximum absolute atomic E-state index is 6.11. The number of rotatable bonds is 2. The van der Waals surface area contributed by atoms with Gasteiger partial charge in [-0.2, -0.15) is 0 Å². The molecule has 3 heteroatoms. The SMILES string of the molecule is Cc1ccc(Cl)cc1-c1cccc2c1OC(CN)C2. The summed E-state index contributed by atoms with van der Waals surface area (Å²) in [7, 11) is 0. The highest BCUT2D eigenvalue weighted by Crippen LogP contribution is 2.40. The zero-order valence-corrected chi connectivity index (χ0v) is 11.6. The molecule has 1 aliphatic rings. The molecule has 19 heavy (non-hydrogen) atoms. The number of ether oxygens (including phenoxy) is 1. The molecule has 2 N–H and O–H groups in total. The first kappa shape index (κ1) is 12.5. The molecule has 0 amide bonds. The number of fused-ring (bicyclic) bond motifs is 1. The fourth-order valence-electron chi connectivity index (χ4n) is 2.57. The zero-order chi connectivity index (χ0) is 13.4. The number of nitrogens with two attached hydrogens (primary N) is 1. The standard InChI is InChI=1S/C16H16ClNO/c1-10-5-6-12(17)8-15(10)14-4-2-3-11-7-13(9-18)19-16(11)14/h2-6,8,13H,7,9,18H2,1H3. The van der Waals surface area contributed by atoms with E-state index in [1.807, 2.05) is 18.2 Å². The van der Waals surface area contributed by atoms with Gasteiger partial charge in [-0.15, -0.1) is 0 Å². The van der Waals surface area contributed by atoms with Crippen LogP contribution in [0.25, 0.3) is 11.1 Å². The normalized spacial score (nSPS) is 17.1. The molecule has 1 unspecified atom stereocenters. The Balaban J connectivity index is 2.13. The van der Waals surface area contributed by atoms with Crippen molar-refractivity contribution in [2.24, 2.45) is 5.73 Å². The van der Waals surface area contributed by atoms with E-state index in [9.17, 15) is 0 Å². The van der Waals surface area contributed by atoms with Crippen LogP contribution < -0.4 is 10.5 Å². The maximum Gasteiger partial charge on any atom is 0.130 e. The molecule has 0 spiro atoms. The van der Waals surface area contributed by atoms with E-state index in [4.69, 9.17) is 22.1 Å². The lowest BCUT2D eigenvalue weighted by atomic mass is 9.97. The molecule has 2 aromatic rings. The Morgan fingerprint density at radius 1 is 1.26 bits per heavy atom. The molecule has 1 atom stereocenters. The van der Waals surface area contributed by atoms with E-state index in [0.717, 1.165) is 28.3 Å². The second-order valence-corrected chi connectivity index (χ2v) is 5.37. The number of hydrogen-bond donors (Lipinski definition) is 1. The van der Waals surface area contributed by atoms with E-state index >= 15 is 0 Å². The van der Waals surface area contributed by atoms with Crippen LogP contribution in [-0.2, 0) is 6.42 Å². The maximum atomic E-state index is 6.11. The van der Waals surface area contributed by atoms with E-state index < -0.39 is 0 Å². The molecule has 2 aromatic carbocycles. The van der Waals surface area contributed by atoms with Crippen LogP contribution in [0.15, 0.2) is 36.4 Å². The van der Waals surface area contributed by atoms with Crippen LogP contribution in [0.5, 0.6) is 5.75 Å². The summed E-state index contributed by atoms with van der Waals surface area (Å²) in [6.45, 7) is 2.63. The van der Waals surface area contributed by atoms with Crippen molar-refractivity contribution >= 4 is 11.6 Å². The van der Waals surface area contributed by atoms with Crippen molar-refractivity contribution in [1.29, 1.82) is 0 Å². The van der Waals surface area contributed by atoms with Crippen LogP contribution in [0.4, 0.5) is 0 Å². The number of benzene rings is 2. The van der Waals surface area contributed by atoms with Gasteiger partial charge >= 0.3 is 0 Å². The lowest BCUT2D eigenvalue weighted by Crippen LogP contribution is -2.24. The van der Waals surface area contributed by atoms with Crippen LogP contribution in [0.2, 0.25) is 5.02 Å². The summed E-state index contributed by atoms with van der Waals surface area (Å²) in [5.41, 5.74) is 10.4. The van der Waals surface area contributed by atoms with Gasteiger partial charge in [0.2, 0.25) is 0 Å². The van der Waals surface area contributed by atoms with Crippen molar-refractivity contribution in [3.05, 3.63) is 52.5 Å². The molecule has 1 aliphatic heterocycles. The highest BCUT2D eigenvalue weighted by molar-refractivity contribution is 6.30. The Morgan fingerprint density at radius 2 is 2.11 bits per heavy atom. The second-order valence-electron chi connectivity index (χ2n) is 4.93. The number of para-hydroxylation sites is 1. The summed E-state index contributed by atoms with van der Waals surface area (Å²) in [6.07, 6.45) is 0.981. The van der Waals surface area contributed by atoms with Crippen molar-refractivity contribution in [2.45, 2.75) is 19.4 Å². The number of hydrogen-bond acceptors (Lipinski definition) is 2. The van der Waals surface area contributed by atoms with Crippen molar-refractivity contribution in [3.63, 3.8) is 0 Å². The van der Waals surface area contributed by atoms with Gasteiger partial charge in [0.1, 0.15) is 11.9 Å². The Labute approximate surface area is 118 Å². The first-order valence-corrected chi connectivity index (χ1v) is 6.82. The van der Waals surface area contributed by atoms with Crippen LogP contribution >= 0.6 is 11.6 Å². The third-order valence-electron chi connectivity index (χ3n) is 3.58. The van der Waals surface area contributed by atoms with Crippen LogP contribution in [0.1, 0.15) is 11.1 Å². The van der Waals surface area contributed by atoms with E-state index in [1.54, 1.807) is 0 Å². The molecule has 0 aliphatic carbocycles. The van der Waals surface area contributed by atoms with Crippen LogP contribution in [0.3, 0.4) is 0 Å². The minimum atomic E-state index is 0.0932.